The maximum atomic E-state index is 11.6. The largest absolute Gasteiger partial charge is 0.497 e. The van der Waals surface area contributed by atoms with Crippen molar-refractivity contribution in [3.63, 3.8) is 0 Å². The standard InChI is InChI=1S/C20H23NO4/c1-23-18-11-12-19(24-2)17(14-18)10-6-7-13-21-20(22)25-15-16-8-4-3-5-9-16/h3-6,8-12,14H,7,13,15H2,1-2H3,(H,21,22). The van der Waals surface area contributed by atoms with E-state index in [0.29, 0.717) is 13.0 Å². The lowest BCUT2D eigenvalue weighted by Gasteiger charge is -2.07. The van der Waals surface area contributed by atoms with E-state index in [-0.39, 0.29) is 6.61 Å². The van der Waals surface area contributed by atoms with Gasteiger partial charge >= 0.3 is 6.09 Å². The molecule has 5 heteroatoms. The molecule has 0 aliphatic rings. The van der Waals surface area contributed by atoms with E-state index in [1.165, 1.54) is 0 Å². The fraction of sp³-hybridized carbons (Fsp3) is 0.250. The topological polar surface area (TPSA) is 56.8 Å². The van der Waals surface area contributed by atoms with Crippen molar-refractivity contribution in [2.75, 3.05) is 20.8 Å². The van der Waals surface area contributed by atoms with E-state index in [2.05, 4.69) is 5.32 Å². The van der Waals surface area contributed by atoms with Gasteiger partial charge in [-0.25, -0.2) is 4.79 Å². The number of carbonyl (C=O) groups is 1. The third kappa shape index (κ3) is 6.22. The molecule has 1 N–H and O–H groups in total. The number of carbonyl (C=O) groups excluding carboxylic acids is 1. The van der Waals surface area contributed by atoms with E-state index in [0.717, 1.165) is 22.6 Å². The number of rotatable bonds is 8. The first kappa shape index (κ1) is 18.4. The van der Waals surface area contributed by atoms with Gasteiger partial charge in [0.15, 0.2) is 0 Å². The summed E-state index contributed by atoms with van der Waals surface area (Å²) in [5, 5.41) is 2.72. The molecular formula is C20H23NO4. The van der Waals surface area contributed by atoms with Gasteiger partial charge in [0.25, 0.3) is 0 Å². The molecule has 0 aromatic heterocycles. The van der Waals surface area contributed by atoms with Gasteiger partial charge in [-0.2, -0.15) is 0 Å². The average Bonchev–Trinajstić information content (AvgIpc) is 2.66. The van der Waals surface area contributed by atoms with E-state index >= 15 is 0 Å². The number of alkyl carbamates (subject to hydrolysis) is 1. The Kier molecular flexibility index (Phi) is 7.38. The van der Waals surface area contributed by atoms with Gasteiger partial charge in [0.2, 0.25) is 0 Å². The van der Waals surface area contributed by atoms with E-state index in [4.69, 9.17) is 14.2 Å². The van der Waals surface area contributed by atoms with Crippen molar-refractivity contribution in [3.8, 4) is 11.5 Å². The average molecular weight is 341 g/mol. The highest BCUT2D eigenvalue weighted by atomic mass is 16.5. The molecule has 5 nitrogen and oxygen atoms in total. The Balaban J connectivity index is 1.73. The van der Waals surface area contributed by atoms with E-state index in [9.17, 15) is 4.79 Å². The summed E-state index contributed by atoms with van der Waals surface area (Å²) >= 11 is 0. The van der Waals surface area contributed by atoms with Gasteiger partial charge in [-0.15, -0.1) is 0 Å². The normalized spacial score (nSPS) is 10.5. The quantitative estimate of drug-likeness (QED) is 0.737. The van der Waals surface area contributed by atoms with Crippen molar-refractivity contribution < 1.29 is 19.0 Å². The van der Waals surface area contributed by atoms with Crippen LogP contribution in [0.15, 0.2) is 54.6 Å². The lowest BCUT2D eigenvalue weighted by Crippen LogP contribution is -2.24. The minimum Gasteiger partial charge on any atom is -0.497 e. The van der Waals surface area contributed by atoms with E-state index < -0.39 is 6.09 Å². The Morgan fingerprint density at radius 2 is 1.88 bits per heavy atom. The Bertz CT molecular complexity index is 698. The predicted molar refractivity (Wildman–Crippen MR) is 97.8 cm³/mol. The molecule has 0 atom stereocenters. The zero-order valence-corrected chi connectivity index (χ0v) is 14.5. The first-order chi connectivity index (χ1) is 12.2. The van der Waals surface area contributed by atoms with Crippen LogP contribution < -0.4 is 14.8 Å². The van der Waals surface area contributed by atoms with Crippen LogP contribution in [0.3, 0.4) is 0 Å². The SMILES string of the molecule is COc1ccc(OC)c(C=CCCNC(=O)OCc2ccccc2)c1. The molecule has 1 amide bonds. The molecule has 0 spiro atoms. The highest BCUT2D eigenvalue weighted by Gasteiger charge is 2.02. The summed E-state index contributed by atoms with van der Waals surface area (Å²) in [6.45, 7) is 0.764. The molecule has 0 fully saturated rings. The molecule has 0 radical (unpaired) electrons. The molecule has 0 aliphatic heterocycles. The Hall–Kier alpha value is -2.95. The zero-order valence-electron chi connectivity index (χ0n) is 14.5. The molecule has 0 heterocycles. The first-order valence-corrected chi connectivity index (χ1v) is 8.06. The van der Waals surface area contributed by atoms with Crippen LogP contribution in [0.25, 0.3) is 6.08 Å². The van der Waals surface area contributed by atoms with Crippen LogP contribution in [-0.4, -0.2) is 26.9 Å². The third-order valence-electron chi connectivity index (χ3n) is 3.53. The molecule has 0 bridgehead atoms. The highest BCUT2D eigenvalue weighted by Crippen LogP contribution is 2.25. The lowest BCUT2D eigenvalue weighted by molar-refractivity contribution is 0.140. The molecule has 2 aromatic carbocycles. The second kappa shape index (κ2) is 10.0. The Morgan fingerprint density at radius 1 is 1.08 bits per heavy atom. The lowest BCUT2D eigenvalue weighted by atomic mass is 10.1. The summed E-state index contributed by atoms with van der Waals surface area (Å²) in [5.74, 6) is 1.54. The maximum Gasteiger partial charge on any atom is 0.407 e. The molecule has 132 valence electrons. The van der Waals surface area contributed by atoms with Crippen molar-refractivity contribution in [2.24, 2.45) is 0 Å². The van der Waals surface area contributed by atoms with Gasteiger partial charge in [0.1, 0.15) is 18.1 Å². The fourth-order valence-electron chi connectivity index (χ4n) is 2.21. The Morgan fingerprint density at radius 3 is 2.60 bits per heavy atom. The van der Waals surface area contributed by atoms with Crippen LogP contribution in [0.2, 0.25) is 0 Å². The third-order valence-corrected chi connectivity index (χ3v) is 3.53. The van der Waals surface area contributed by atoms with Crippen molar-refractivity contribution in [1.29, 1.82) is 0 Å². The molecular weight excluding hydrogens is 318 g/mol. The van der Waals surface area contributed by atoms with Gasteiger partial charge in [-0.1, -0.05) is 42.5 Å². The summed E-state index contributed by atoms with van der Waals surface area (Å²) in [6.07, 6.45) is 4.17. The van der Waals surface area contributed by atoms with Crippen molar-refractivity contribution in [2.45, 2.75) is 13.0 Å². The van der Waals surface area contributed by atoms with Gasteiger partial charge < -0.3 is 19.5 Å². The van der Waals surface area contributed by atoms with E-state index in [1.54, 1.807) is 14.2 Å². The summed E-state index contributed by atoms with van der Waals surface area (Å²) in [5.41, 5.74) is 1.89. The summed E-state index contributed by atoms with van der Waals surface area (Å²) in [6, 6.07) is 15.2. The first-order valence-electron chi connectivity index (χ1n) is 8.06. The molecule has 2 aromatic rings. The number of benzene rings is 2. The van der Waals surface area contributed by atoms with Crippen LogP contribution in [0.4, 0.5) is 4.79 Å². The number of hydrogen-bond acceptors (Lipinski definition) is 4. The van der Waals surface area contributed by atoms with Crippen LogP contribution >= 0.6 is 0 Å². The number of nitrogens with one attached hydrogen (secondary N) is 1. The second-order valence-corrected chi connectivity index (χ2v) is 5.29. The number of amides is 1. The van der Waals surface area contributed by atoms with Gasteiger partial charge in [-0.3, -0.25) is 0 Å². The summed E-state index contributed by atoms with van der Waals surface area (Å²) < 4.78 is 15.7. The van der Waals surface area contributed by atoms with Gasteiger partial charge in [0.05, 0.1) is 14.2 Å². The smallest absolute Gasteiger partial charge is 0.407 e. The molecule has 0 saturated carbocycles. The second-order valence-electron chi connectivity index (χ2n) is 5.29. The minimum atomic E-state index is -0.420. The predicted octanol–water partition coefficient (Wildman–Crippen LogP) is 4.03. The van der Waals surface area contributed by atoms with Crippen molar-refractivity contribution >= 4 is 12.2 Å². The molecule has 25 heavy (non-hydrogen) atoms. The van der Waals surface area contributed by atoms with E-state index in [1.807, 2.05) is 60.7 Å². The number of ether oxygens (including phenoxy) is 3. The monoisotopic (exact) mass is 341 g/mol. The fourth-order valence-corrected chi connectivity index (χ4v) is 2.21. The number of methoxy groups -OCH3 is 2. The van der Waals surface area contributed by atoms with Gasteiger partial charge in [-0.05, 0) is 30.2 Å². The maximum absolute atomic E-state index is 11.6. The molecule has 0 saturated heterocycles. The highest BCUT2D eigenvalue weighted by molar-refractivity contribution is 5.67. The van der Waals surface area contributed by atoms with Gasteiger partial charge in [0, 0.05) is 12.1 Å². The molecule has 0 unspecified atom stereocenters. The van der Waals surface area contributed by atoms with Crippen LogP contribution in [0, 0.1) is 0 Å². The molecule has 2 rings (SSSR count). The minimum absolute atomic E-state index is 0.267. The van der Waals surface area contributed by atoms with Crippen molar-refractivity contribution in [1.82, 2.24) is 5.32 Å². The number of hydrogen-bond donors (Lipinski definition) is 1. The summed E-state index contributed by atoms with van der Waals surface area (Å²) in [7, 11) is 3.25. The zero-order chi connectivity index (χ0) is 17.9. The van der Waals surface area contributed by atoms with Crippen LogP contribution in [0.5, 0.6) is 11.5 Å². The molecule has 0 aliphatic carbocycles. The van der Waals surface area contributed by atoms with Crippen molar-refractivity contribution in [3.05, 3.63) is 65.7 Å². The Labute approximate surface area is 148 Å². The van der Waals surface area contributed by atoms with Crippen LogP contribution in [0.1, 0.15) is 17.5 Å². The summed E-state index contributed by atoms with van der Waals surface area (Å²) in [4.78, 5) is 11.6. The van der Waals surface area contributed by atoms with Crippen LogP contribution in [-0.2, 0) is 11.3 Å².